The molecule has 4 rings (SSSR count). The summed E-state index contributed by atoms with van der Waals surface area (Å²) in [4.78, 5) is 23.0. The number of anilines is 1. The molecule has 1 atom stereocenters. The van der Waals surface area contributed by atoms with E-state index in [0.29, 0.717) is 24.7 Å². The average molecular weight is 352 g/mol. The number of hydrogen-bond acceptors (Lipinski definition) is 5. The third-order valence-corrected chi connectivity index (χ3v) is 4.44. The molecule has 1 aliphatic rings. The van der Waals surface area contributed by atoms with Crippen LogP contribution in [0.15, 0.2) is 34.9 Å². The van der Waals surface area contributed by atoms with Crippen LogP contribution in [0.2, 0.25) is 0 Å². The van der Waals surface area contributed by atoms with Crippen LogP contribution in [0.3, 0.4) is 0 Å². The number of urea groups is 1. The summed E-state index contributed by atoms with van der Waals surface area (Å²) in [5.74, 6) is 3.03. The number of aromatic amines is 1. The molecule has 1 fully saturated rings. The van der Waals surface area contributed by atoms with Gasteiger partial charge in [-0.2, -0.15) is 5.10 Å². The molecule has 3 heterocycles. The second kappa shape index (κ2) is 6.62. The van der Waals surface area contributed by atoms with Gasteiger partial charge in [-0.3, -0.25) is 5.10 Å². The summed E-state index contributed by atoms with van der Waals surface area (Å²) >= 11 is 0. The second-order valence-electron chi connectivity index (χ2n) is 6.50. The van der Waals surface area contributed by atoms with E-state index >= 15 is 0 Å². The summed E-state index contributed by atoms with van der Waals surface area (Å²) in [6.45, 7) is 5.02. The number of aryl methyl sites for hydroxylation is 2. The fourth-order valence-electron chi connectivity index (χ4n) is 3.12. The zero-order valence-electron chi connectivity index (χ0n) is 14.7. The van der Waals surface area contributed by atoms with E-state index in [0.717, 1.165) is 29.4 Å². The first-order valence-electron chi connectivity index (χ1n) is 8.56. The van der Waals surface area contributed by atoms with E-state index in [4.69, 9.17) is 4.42 Å². The number of oxazole rings is 1. The lowest BCUT2D eigenvalue weighted by Crippen LogP contribution is -2.32. The van der Waals surface area contributed by atoms with E-state index in [9.17, 15) is 4.79 Å². The lowest BCUT2D eigenvalue weighted by molar-refractivity contribution is 0.222. The summed E-state index contributed by atoms with van der Waals surface area (Å²) in [6, 6.07) is 7.35. The highest BCUT2D eigenvalue weighted by Crippen LogP contribution is 2.26. The molecule has 0 radical (unpaired) electrons. The minimum absolute atomic E-state index is 0.125. The van der Waals surface area contributed by atoms with Gasteiger partial charge >= 0.3 is 6.03 Å². The number of benzene rings is 1. The first-order valence-corrected chi connectivity index (χ1v) is 8.56. The lowest BCUT2D eigenvalue weighted by atomic mass is 10.1. The molecule has 0 aliphatic carbocycles. The maximum atomic E-state index is 12.6. The minimum atomic E-state index is -0.125. The van der Waals surface area contributed by atoms with Crippen molar-refractivity contribution in [3.8, 4) is 11.5 Å². The first-order chi connectivity index (χ1) is 12.6. The number of rotatable bonds is 3. The zero-order chi connectivity index (χ0) is 18.1. The van der Waals surface area contributed by atoms with Gasteiger partial charge in [0.2, 0.25) is 5.89 Å². The molecule has 2 N–H and O–H groups in total. The summed E-state index contributed by atoms with van der Waals surface area (Å²) in [5.41, 5.74) is 1.53. The standard InChI is InChI=1S/C18H20N6O2/c1-11-9-19-17(26-11)13-4-3-5-15(8-13)21-18(25)24-7-6-14(10-24)16-20-12(2)22-23-16/h3-5,8-9,14H,6-7,10H2,1-2H3,(H,21,25)(H,20,22,23)/t14-/m1/s1. The highest BCUT2D eigenvalue weighted by molar-refractivity contribution is 5.90. The van der Waals surface area contributed by atoms with Crippen LogP contribution in [-0.2, 0) is 0 Å². The molecule has 26 heavy (non-hydrogen) atoms. The van der Waals surface area contributed by atoms with Gasteiger partial charge < -0.3 is 14.6 Å². The van der Waals surface area contributed by atoms with Gasteiger partial charge in [0.05, 0.1) is 6.20 Å². The summed E-state index contributed by atoms with van der Waals surface area (Å²) in [5, 5.41) is 10.0. The van der Waals surface area contributed by atoms with Gasteiger partial charge in [0.25, 0.3) is 0 Å². The largest absolute Gasteiger partial charge is 0.441 e. The Hall–Kier alpha value is -3.16. The lowest BCUT2D eigenvalue weighted by Gasteiger charge is -2.17. The van der Waals surface area contributed by atoms with Crippen molar-refractivity contribution in [2.24, 2.45) is 0 Å². The molecule has 3 aromatic rings. The van der Waals surface area contributed by atoms with Crippen molar-refractivity contribution < 1.29 is 9.21 Å². The van der Waals surface area contributed by atoms with E-state index in [-0.39, 0.29) is 11.9 Å². The van der Waals surface area contributed by atoms with Crippen molar-refractivity contribution in [1.29, 1.82) is 0 Å². The Morgan fingerprint density at radius 1 is 1.38 bits per heavy atom. The average Bonchev–Trinajstić information content (AvgIpc) is 3.35. The molecule has 8 nitrogen and oxygen atoms in total. The molecular weight excluding hydrogens is 332 g/mol. The first kappa shape index (κ1) is 16.3. The highest BCUT2D eigenvalue weighted by Gasteiger charge is 2.29. The minimum Gasteiger partial charge on any atom is -0.441 e. The Morgan fingerprint density at radius 2 is 2.27 bits per heavy atom. The third kappa shape index (κ3) is 3.30. The molecule has 2 amide bonds. The van der Waals surface area contributed by atoms with Crippen LogP contribution in [0, 0.1) is 13.8 Å². The van der Waals surface area contributed by atoms with Gasteiger partial charge in [-0.25, -0.2) is 14.8 Å². The molecule has 0 unspecified atom stereocenters. The van der Waals surface area contributed by atoms with Crippen LogP contribution in [0.25, 0.3) is 11.5 Å². The SMILES string of the molecule is Cc1nc([C@@H]2CCN(C(=O)Nc3cccc(-c4ncc(C)o4)c3)C2)n[nH]1. The number of H-pyrrole nitrogens is 1. The third-order valence-electron chi connectivity index (χ3n) is 4.44. The predicted octanol–water partition coefficient (Wildman–Crippen LogP) is 3.10. The van der Waals surface area contributed by atoms with Crippen molar-refractivity contribution in [2.45, 2.75) is 26.2 Å². The summed E-state index contributed by atoms with van der Waals surface area (Å²) < 4.78 is 5.54. The molecule has 8 heteroatoms. The Morgan fingerprint density at radius 3 is 3.00 bits per heavy atom. The summed E-state index contributed by atoms with van der Waals surface area (Å²) in [6.07, 6.45) is 2.54. The number of hydrogen-bond donors (Lipinski definition) is 2. The van der Waals surface area contributed by atoms with E-state index in [1.54, 1.807) is 11.1 Å². The van der Waals surface area contributed by atoms with Gasteiger partial charge in [-0.1, -0.05) is 6.07 Å². The molecule has 0 saturated carbocycles. The van der Waals surface area contributed by atoms with Crippen LogP contribution in [0.1, 0.15) is 29.7 Å². The Balaban J connectivity index is 1.42. The second-order valence-corrected chi connectivity index (χ2v) is 6.50. The van der Waals surface area contributed by atoms with Gasteiger partial charge in [0, 0.05) is 30.3 Å². The van der Waals surface area contributed by atoms with Gasteiger partial charge in [-0.15, -0.1) is 0 Å². The molecular formula is C18H20N6O2. The number of carbonyl (C=O) groups is 1. The number of amides is 2. The number of carbonyl (C=O) groups excluding carboxylic acids is 1. The molecule has 1 aromatic carbocycles. The molecule has 0 spiro atoms. The molecule has 1 aliphatic heterocycles. The maximum absolute atomic E-state index is 12.6. The fourth-order valence-corrected chi connectivity index (χ4v) is 3.12. The normalized spacial score (nSPS) is 16.8. The van der Waals surface area contributed by atoms with Crippen LogP contribution in [0.4, 0.5) is 10.5 Å². The monoisotopic (exact) mass is 352 g/mol. The van der Waals surface area contributed by atoms with E-state index in [2.05, 4.69) is 25.5 Å². The van der Waals surface area contributed by atoms with Gasteiger partial charge in [0.1, 0.15) is 11.6 Å². The van der Waals surface area contributed by atoms with Crippen molar-refractivity contribution in [1.82, 2.24) is 25.1 Å². The molecule has 0 bridgehead atoms. The Labute approximate surface area is 150 Å². The van der Waals surface area contributed by atoms with E-state index in [1.807, 2.05) is 38.1 Å². The maximum Gasteiger partial charge on any atom is 0.321 e. The van der Waals surface area contributed by atoms with Crippen LogP contribution in [0.5, 0.6) is 0 Å². The van der Waals surface area contributed by atoms with Crippen molar-refractivity contribution in [3.63, 3.8) is 0 Å². The van der Waals surface area contributed by atoms with Crippen molar-refractivity contribution >= 4 is 11.7 Å². The number of nitrogens with one attached hydrogen (secondary N) is 2. The van der Waals surface area contributed by atoms with Gasteiger partial charge in [-0.05, 0) is 38.5 Å². The molecule has 1 saturated heterocycles. The van der Waals surface area contributed by atoms with E-state index < -0.39 is 0 Å². The van der Waals surface area contributed by atoms with Crippen LogP contribution < -0.4 is 5.32 Å². The van der Waals surface area contributed by atoms with Crippen molar-refractivity contribution in [2.75, 3.05) is 18.4 Å². The Bertz CT molecular complexity index is 931. The smallest absolute Gasteiger partial charge is 0.321 e. The summed E-state index contributed by atoms with van der Waals surface area (Å²) in [7, 11) is 0. The topological polar surface area (TPSA) is 99.9 Å². The number of likely N-dealkylation sites (tertiary alicyclic amines) is 1. The molecule has 134 valence electrons. The van der Waals surface area contributed by atoms with Crippen molar-refractivity contribution in [3.05, 3.63) is 47.9 Å². The van der Waals surface area contributed by atoms with E-state index in [1.165, 1.54) is 0 Å². The number of aromatic nitrogens is 4. The quantitative estimate of drug-likeness (QED) is 0.754. The predicted molar refractivity (Wildman–Crippen MR) is 95.7 cm³/mol. The fraction of sp³-hybridized carbons (Fsp3) is 0.333. The highest BCUT2D eigenvalue weighted by atomic mass is 16.4. The Kier molecular flexibility index (Phi) is 4.16. The number of nitrogens with zero attached hydrogens (tertiary/aromatic N) is 4. The van der Waals surface area contributed by atoms with Crippen LogP contribution >= 0.6 is 0 Å². The zero-order valence-corrected chi connectivity index (χ0v) is 14.7. The molecule has 2 aromatic heterocycles. The van der Waals surface area contributed by atoms with Gasteiger partial charge in [0.15, 0.2) is 5.82 Å². The van der Waals surface area contributed by atoms with Crippen LogP contribution in [-0.4, -0.2) is 44.2 Å².